The Morgan fingerprint density at radius 1 is 1.04 bits per heavy atom. The number of rotatable bonds is 9. The molecule has 2 aromatic rings. The van der Waals surface area contributed by atoms with Crippen LogP contribution in [-0.4, -0.2) is 47.5 Å². The van der Waals surface area contributed by atoms with Gasteiger partial charge in [0, 0.05) is 24.8 Å². The fourth-order valence-electron chi connectivity index (χ4n) is 2.84. The number of benzene rings is 1. The molecular weight excluding hydrogens is 328 g/mol. The molecule has 1 aromatic carbocycles. The van der Waals surface area contributed by atoms with Crippen LogP contribution in [0.4, 0.5) is 0 Å². The lowest BCUT2D eigenvalue weighted by molar-refractivity contribution is -0.143. The molecule has 0 aliphatic heterocycles. The Bertz CT molecular complexity index is 743. The van der Waals surface area contributed by atoms with Crippen LogP contribution in [-0.2, 0) is 23.0 Å². The van der Waals surface area contributed by atoms with Gasteiger partial charge in [-0.25, -0.2) is 0 Å². The summed E-state index contributed by atoms with van der Waals surface area (Å²) in [5, 5.41) is 0. The summed E-state index contributed by atoms with van der Waals surface area (Å²) in [5.41, 5.74) is 3.10. The van der Waals surface area contributed by atoms with Gasteiger partial charge in [-0.1, -0.05) is 43.7 Å². The second-order valence-electron chi connectivity index (χ2n) is 6.39. The Balaban J connectivity index is 1.96. The zero-order valence-electron chi connectivity index (χ0n) is 16.1. The van der Waals surface area contributed by atoms with Crippen molar-refractivity contribution in [1.82, 2.24) is 9.47 Å². The Hall–Kier alpha value is -2.40. The molecule has 0 fully saturated rings. The second kappa shape index (κ2) is 9.34. The zero-order chi connectivity index (χ0) is 19.1. The van der Waals surface area contributed by atoms with E-state index in [2.05, 4.69) is 18.7 Å². The molecule has 0 amide bonds. The number of esters is 1. The SMILES string of the molecule is CCN(CC)CCOC(=O)Cc1ccc(C(=O)c2ccc(C)cc2)n1C. The number of aryl methyl sites for hydroxylation is 1. The summed E-state index contributed by atoms with van der Waals surface area (Å²) in [6.45, 7) is 9.17. The van der Waals surface area contributed by atoms with Crippen LogP contribution in [0.15, 0.2) is 36.4 Å². The van der Waals surface area contributed by atoms with Gasteiger partial charge in [0.05, 0.1) is 12.1 Å². The van der Waals surface area contributed by atoms with E-state index in [1.807, 2.05) is 37.3 Å². The first-order valence-electron chi connectivity index (χ1n) is 9.10. The predicted octanol–water partition coefficient (Wildman–Crippen LogP) is 2.99. The van der Waals surface area contributed by atoms with Crippen LogP contribution in [0.2, 0.25) is 0 Å². The third-order valence-corrected chi connectivity index (χ3v) is 4.66. The molecule has 0 radical (unpaired) electrons. The number of nitrogens with zero attached hydrogens (tertiary/aromatic N) is 2. The van der Waals surface area contributed by atoms with Gasteiger partial charge in [-0.3, -0.25) is 9.59 Å². The first kappa shape index (κ1) is 19.9. The van der Waals surface area contributed by atoms with Crippen molar-refractivity contribution in [2.45, 2.75) is 27.2 Å². The Morgan fingerprint density at radius 2 is 1.69 bits per heavy atom. The Kier molecular flexibility index (Phi) is 7.16. The molecule has 0 saturated heterocycles. The largest absolute Gasteiger partial charge is 0.464 e. The molecular formula is C21H28N2O3. The van der Waals surface area contributed by atoms with E-state index in [-0.39, 0.29) is 18.2 Å². The highest BCUT2D eigenvalue weighted by Gasteiger charge is 2.16. The van der Waals surface area contributed by atoms with Gasteiger partial charge in [0.15, 0.2) is 0 Å². The van der Waals surface area contributed by atoms with Gasteiger partial charge in [-0.2, -0.15) is 0 Å². The third kappa shape index (κ3) is 5.05. The summed E-state index contributed by atoms with van der Waals surface area (Å²) in [6, 6.07) is 11.1. The van der Waals surface area contributed by atoms with E-state index < -0.39 is 0 Å². The minimum Gasteiger partial charge on any atom is -0.464 e. The molecule has 0 saturated carbocycles. The van der Waals surface area contributed by atoms with Crippen LogP contribution in [0.3, 0.4) is 0 Å². The van der Waals surface area contributed by atoms with Crippen LogP contribution in [0.1, 0.15) is 41.2 Å². The number of carbonyl (C=O) groups excluding carboxylic acids is 2. The highest BCUT2D eigenvalue weighted by atomic mass is 16.5. The lowest BCUT2D eigenvalue weighted by atomic mass is 10.1. The minimum absolute atomic E-state index is 0.0475. The fraction of sp³-hybridized carbons (Fsp3) is 0.429. The number of ether oxygens (including phenoxy) is 1. The molecule has 0 spiro atoms. The number of likely N-dealkylation sites (N-methyl/N-ethyl adjacent to an activating group) is 1. The zero-order valence-corrected chi connectivity index (χ0v) is 16.1. The average Bonchev–Trinajstić information content (AvgIpc) is 2.99. The van der Waals surface area contributed by atoms with Crippen molar-refractivity contribution >= 4 is 11.8 Å². The minimum atomic E-state index is -0.271. The fourth-order valence-corrected chi connectivity index (χ4v) is 2.84. The lowest BCUT2D eigenvalue weighted by Crippen LogP contribution is -2.28. The van der Waals surface area contributed by atoms with Gasteiger partial charge in [0.1, 0.15) is 6.61 Å². The molecule has 0 bridgehead atoms. The van der Waals surface area contributed by atoms with Crippen LogP contribution < -0.4 is 0 Å². The second-order valence-corrected chi connectivity index (χ2v) is 6.39. The topological polar surface area (TPSA) is 51.5 Å². The third-order valence-electron chi connectivity index (χ3n) is 4.66. The average molecular weight is 356 g/mol. The first-order chi connectivity index (χ1) is 12.5. The van der Waals surface area contributed by atoms with Gasteiger partial charge in [0.2, 0.25) is 5.78 Å². The van der Waals surface area contributed by atoms with Gasteiger partial charge in [0.25, 0.3) is 0 Å². The molecule has 0 atom stereocenters. The van der Waals surface area contributed by atoms with Crippen molar-refractivity contribution in [3.63, 3.8) is 0 Å². The highest BCUT2D eigenvalue weighted by Crippen LogP contribution is 2.14. The summed E-state index contributed by atoms with van der Waals surface area (Å²) in [7, 11) is 1.81. The quantitative estimate of drug-likeness (QED) is 0.512. The van der Waals surface area contributed by atoms with Gasteiger partial charge in [-0.15, -0.1) is 0 Å². The van der Waals surface area contributed by atoms with Gasteiger partial charge < -0.3 is 14.2 Å². The Labute approximate surface area is 155 Å². The van der Waals surface area contributed by atoms with Gasteiger partial charge in [-0.05, 0) is 32.1 Å². The molecule has 5 nitrogen and oxygen atoms in total. The monoisotopic (exact) mass is 356 g/mol. The van der Waals surface area contributed by atoms with Crippen molar-refractivity contribution in [2.75, 3.05) is 26.2 Å². The van der Waals surface area contributed by atoms with Crippen molar-refractivity contribution in [2.24, 2.45) is 7.05 Å². The van der Waals surface area contributed by atoms with Crippen LogP contribution in [0.25, 0.3) is 0 Å². The summed E-state index contributed by atoms with van der Waals surface area (Å²) in [4.78, 5) is 26.9. The molecule has 0 aliphatic carbocycles. The van der Waals surface area contributed by atoms with Crippen molar-refractivity contribution in [3.05, 3.63) is 58.9 Å². The van der Waals surface area contributed by atoms with E-state index in [1.54, 1.807) is 17.7 Å². The molecule has 140 valence electrons. The molecule has 26 heavy (non-hydrogen) atoms. The van der Waals surface area contributed by atoms with Crippen molar-refractivity contribution in [3.8, 4) is 0 Å². The first-order valence-corrected chi connectivity index (χ1v) is 9.10. The number of ketones is 1. The number of hydrogen-bond acceptors (Lipinski definition) is 4. The van der Waals surface area contributed by atoms with E-state index in [4.69, 9.17) is 4.74 Å². The highest BCUT2D eigenvalue weighted by molar-refractivity contribution is 6.08. The molecule has 0 N–H and O–H groups in total. The maximum Gasteiger partial charge on any atom is 0.311 e. The molecule has 0 aliphatic rings. The molecule has 1 heterocycles. The van der Waals surface area contributed by atoms with Crippen molar-refractivity contribution in [1.29, 1.82) is 0 Å². The summed E-state index contributed by atoms with van der Waals surface area (Å²) < 4.78 is 7.10. The number of aromatic nitrogens is 1. The normalized spacial score (nSPS) is 11.0. The van der Waals surface area contributed by atoms with Crippen molar-refractivity contribution < 1.29 is 14.3 Å². The number of hydrogen-bond donors (Lipinski definition) is 0. The molecule has 1 aromatic heterocycles. The summed E-state index contributed by atoms with van der Waals surface area (Å²) in [6.07, 6.45) is 0.163. The van der Waals surface area contributed by atoms with E-state index in [0.29, 0.717) is 17.9 Å². The van der Waals surface area contributed by atoms with E-state index >= 15 is 0 Å². The van der Waals surface area contributed by atoms with Crippen LogP contribution >= 0.6 is 0 Å². The lowest BCUT2D eigenvalue weighted by Gasteiger charge is -2.17. The number of carbonyl (C=O) groups is 2. The van der Waals surface area contributed by atoms with E-state index in [9.17, 15) is 9.59 Å². The Morgan fingerprint density at radius 3 is 2.31 bits per heavy atom. The maximum absolute atomic E-state index is 12.6. The summed E-state index contributed by atoms with van der Waals surface area (Å²) in [5.74, 6) is -0.318. The van der Waals surface area contributed by atoms with E-state index in [0.717, 1.165) is 30.9 Å². The predicted molar refractivity (Wildman–Crippen MR) is 102 cm³/mol. The smallest absolute Gasteiger partial charge is 0.311 e. The molecule has 2 rings (SSSR count). The molecule has 0 unspecified atom stereocenters. The maximum atomic E-state index is 12.6. The standard InChI is InChI=1S/C21H28N2O3/c1-5-23(6-2)13-14-26-20(24)15-18-11-12-19(22(18)4)21(25)17-9-7-16(3)8-10-17/h7-12H,5-6,13-15H2,1-4H3. The van der Waals surface area contributed by atoms with Crippen LogP contribution in [0.5, 0.6) is 0 Å². The van der Waals surface area contributed by atoms with Gasteiger partial charge >= 0.3 is 5.97 Å². The van der Waals surface area contributed by atoms with E-state index in [1.165, 1.54) is 0 Å². The van der Waals surface area contributed by atoms with Crippen LogP contribution in [0, 0.1) is 6.92 Å². The molecule has 5 heteroatoms. The summed E-state index contributed by atoms with van der Waals surface area (Å²) >= 11 is 0.